The Bertz CT molecular complexity index is 1010. The molecule has 0 saturated heterocycles. The van der Waals surface area contributed by atoms with Crippen LogP contribution in [0.2, 0.25) is 0 Å². The summed E-state index contributed by atoms with van der Waals surface area (Å²) in [6.07, 6.45) is 3.21. The van der Waals surface area contributed by atoms with E-state index < -0.39 is 29.2 Å². The normalized spacial score (nSPS) is 12.3. The number of nitrogens with one attached hydrogen (secondary N) is 1. The van der Waals surface area contributed by atoms with Gasteiger partial charge in [0.1, 0.15) is 11.9 Å². The number of benzene rings is 1. The second kappa shape index (κ2) is 9.08. The SMILES string of the molecule is CC(C)(C)NC(=O)C(c1ccccc1F)N(Cc1cccnc1)C(=O)c1csnn1. The summed E-state index contributed by atoms with van der Waals surface area (Å²) < 4.78 is 18.5. The first-order chi connectivity index (χ1) is 14.3. The van der Waals surface area contributed by atoms with Gasteiger partial charge in [0.05, 0.1) is 0 Å². The first-order valence-corrected chi connectivity index (χ1v) is 10.1. The average Bonchev–Trinajstić information content (AvgIpc) is 3.22. The molecule has 0 fully saturated rings. The monoisotopic (exact) mass is 427 g/mol. The Kier molecular flexibility index (Phi) is 6.51. The minimum atomic E-state index is -1.21. The molecule has 2 heterocycles. The maximum atomic E-state index is 14.8. The largest absolute Gasteiger partial charge is 0.349 e. The Morgan fingerprint density at radius 2 is 1.97 bits per heavy atom. The molecule has 156 valence electrons. The highest BCUT2D eigenvalue weighted by Gasteiger charge is 2.36. The van der Waals surface area contributed by atoms with Crippen LogP contribution in [0.4, 0.5) is 4.39 Å². The van der Waals surface area contributed by atoms with E-state index in [2.05, 4.69) is 19.9 Å². The number of hydrogen-bond donors (Lipinski definition) is 1. The van der Waals surface area contributed by atoms with E-state index in [-0.39, 0.29) is 17.8 Å². The van der Waals surface area contributed by atoms with Crippen molar-refractivity contribution in [1.29, 1.82) is 0 Å². The van der Waals surface area contributed by atoms with Gasteiger partial charge in [0.15, 0.2) is 5.69 Å². The second-order valence-corrected chi connectivity index (χ2v) is 8.36. The number of rotatable bonds is 6. The Hall–Kier alpha value is -3.20. The predicted octanol–water partition coefficient (Wildman–Crippen LogP) is 3.37. The van der Waals surface area contributed by atoms with Crippen molar-refractivity contribution in [2.24, 2.45) is 0 Å². The van der Waals surface area contributed by atoms with Crippen LogP contribution in [0.5, 0.6) is 0 Å². The summed E-state index contributed by atoms with van der Waals surface area (Å²) in [4.78, 5) is 32.0. The number of hydrogen-bond acceptors (Lipinski definition) is 6. The van der Waals surface area contributed by atoms with Crippen LogP contribution in [0.3, 0.4) is 0 Å². The van der Waals surface area contributed by atoms with Crippen molar-refractivity contribution in [2.75, 3.05) is 0 Å². The Balaban J connectivity index is 2.10. The van der Waals surface area contributed by atoms with Gasteiger partial charge in [-0.25, -0.2) is 4.39 Å². The second-order valence-electron chi connectivity index (χ2n) is 7.75. The third kappa shape index (κ3) is 5.24. The quantitative estimate of drug-likeness (QED) is 0.652. The number of halogens is 1. The maximum Gasteiger partial charge on any atom is 0.276 e. The summed E-state index contributed by atoms with van der Waals surface area (Å²) in [5, 5.41) is 8.21. The third-order valence-corrected chi connectivity index (χ3v) is 4.68. The molecule has 9 heteroatoms. The van der Waals surface area contributed by atoms with E-state index in [1.54, 1.807) is 30.6 Å². The van der Waals surface area contributed by atoms with Crippen molar-refractivity contribution in [3.8, 4) is 0 Å². The number of carbonyl (C=O) groups excluding carboxylic acids is 2. The molecule has 30 heavy (non-hydrogen) atoms. The lowest BCUT2D eigenvalue weighted by atomic mass is 10.00. The molecule has 7 nitrogen and oxygen atoms in total. The summed E-state index contributed by atoms with van der Waals surface area (Å²) in [7, 11) is 0. The fourth-order valence-corrected chi connectivity index (χ4v) is 3.39. The van der Waals surface area contributed by atoms with Gasteiger partial charge in [-0.05, 0) is 50.0 Å². The smallest absolute Gasteiger partial charge is 0.276 e. The number of carbonyl (C=O) groups is 2. The van der Waals surface area contributed by atoms with E-state index >= 15 is 0 Å². The van der Waals surface area contributed by atoms with Gasteiger partial charge in [-0.1, -0.05) is 28.8 Å². The molecule has 2 amide bonds. The van der Waals surface area contributed by atoms with Crippen molar-refractivity contribution in [2.45, 2.75) is 38.9 Å². The van der Waals surface area contributed by atoms with E-state index in [1.807, 2.05) is 20.8 Å². The van der Waals surface area contributed by atoms with Gasteiger partial charge < -0.3 is 10.2 Å². The molecular formula is C21H22FN5O2S. The maximum absolute atomic E-state index is 14.8. The topological polar surface area (TPSA) is 88.1 Å². The lowest BCUT2D eigenvalue weighted by Gasteiger charge is -2.33. The van der Waals surface area contributed by atoms with E-state index in [0.717, 1.165) is 11.5 Å². The van der Waals surface area contributed by atoms with Gasteiger partial charge in [0.25, 0.3) is 5.91 Å². The highest BCUT2D eigenvalue weighted by atomic mass is 32.1. The van der Waals surface area contributed by atoms with E-state index in [4.69, 9.17) is 0 Å². The molecule has 2 aromatic heterocycles. The van der Waals surface area contributed by atoms with Crippen molar-refractivity contribution in [1.82, 2.24) is 24.8 Å². The van der Waals surface area contributed by atoms with Crippen molar-refractivity contribution < 1.29 is 14.0 Å². The van der Waals surface area contributed by atoms with Crippen LogP contribution in [0.1, 0.15) is 48.4 Å². The summed E-state index contributed by atoms with van der Waals surface area (Å²) in [5.74, 6) is -1.59. The predicted molar refractivity (Wildman–Crippen MR) is 111 cm³/mol. The average molecular weight is 428 g/mol. The fourth-order valence-electron chi connectivity index (χ4n) is 2.96. The molecule has 3 rings (SSSR count). The summed E-state index contributed by atoms with van der Waals surface area (Å²) >= 11 is 1.03. The standard InChI is InChI=1S/C21H22FN5O2S/c1-21(2,3)24-19(28)18(15-8-4-5-9-16(15)22)27(12-14-7-6-10-23-11-14)20(29)17-13-30-26-25-17/h4-11,13,18H,12H2,1-3H3,(H,24,28). The fraction of sp³-hybridized carbons (Fsp3) is 0.286. The third-order valence-electron chi connectivity index (χ3n) is 4.17. The molecule has 3 aromatic rings. The summed E-state index contributed by atoms with van der Waals surface area (Å²) in [6, 6.07) is 8.25. The number of pyridine rings is 1. The molecule has 1 unspecified atom stereocenters. The number of nitrogens with zero attached hydrogens (tertiary/aromatic N) is 4. The van der Waals surface area contributed by atoms with Crippen molar-refractivity contribution in [3.63, 3.8) is 0 Å². The lowest BCUT2D eigenvalue weighted by molar-refractivity contribution is -0.127. The Morgan fingerprint density at radius 1 is 1.20 bits per heavy atom. The van der Waals surface area contributed by atoms with Crippen LogP contribution >= 0.6 is 11.5 Å². The highest BCUT2D eigenvalue weighted by Crippen LogP contribution is 2.28. The number of aromatic nitrogens is 3. The van der Waals surface area contributed by atoms with Crippen LogP contribution in [0, 0.1) is 5.82 Å². The van der Waals surface area contributed by atoms with Crippen LogP contribution in [0.25, 0.3) is 0 Å². The summed E-state index contributed by atoms with van der Waals surface area (Å²) in [6.45, 7) is 5.50. The van der Waals surface area contributed by atoms with Gasteiger partial charge >= 0.3 is 0 Å². The molecule has 0 bridgehead atoms. The summed E-state index contributed by atoms with van der Waals surface area (Å²) in [5.41, 5.74) is 0.304. The van der Waals surface area contributed by atoms with E-state index in [9.17, 15) is 14.0 Å². The zero-order chi connectivity index (χ0) is 21.7. The van der Waals surface area contributed by atoms with Crippen molar-refractivity contribution >= 4 is 23.3 Å². The molecule has 0 aliphatic carbocycles. The lowest BCUT2D eigenvalue weighted by Crippen LogP contribution is -2.49. The molecule has 1 aromatic carbocycles. The van der Waals surface area contributed by atoms with Crippen LogP contribution in [0.15, 0.2) is 54.2 Å². The molecular weight excluding hydrogens is 405 g/mol. The van der Waals surface area contributed by atoms with Crippen LogP contribution < -0.4 is 5.32 Å². The first kappa shape index (κ1) is 21.5. The molecule has 1 N–H and O–H groups in total. The van der Waals surface area contributed by atoms with Gasteiger partial charge in [0, 0.05) is 35.4 Å². The number of amides is 2. The molecule has 1 atom stereocenters. The molecule has 0 saturated carbocycles. The van der Waals surface area contributed by atoms with Crippen LogP contribution in [-0.2, 0) is 11.3 Å². The van der Waals surface area contributed by atoms with E-state index in [1.165, 1.54) is 28.5 Å². The zero-order valence-corrected chi connectivity index (χ0v) is 17.7. The highest BCUT2D eigenvalue weighted by molar-refractivity contribution is 7.03. The van der Waals surface area contributed by atoms with Gasteiger partial charge in [-0.2, -0.15) is 0 Å². The molecule has 0 aliphatic heterocycles. The molecule has 0 spiro atoms. The van der Waals surface area contributed by atoms with E-state index in [0.29, 0.717) is 5.56 Å². The zero-order valence-electron chi connectivity index (χ0n) is 16.9. The van der Waals surface area contributed by atoms with Gasteiger partial charge in [-0.15, -0.1) is 5.10 Å². The minimum absolute atomic E-state index is 0.0424. The Morgan fingerprint density at radius 3 is 2.57 bits per heavy atom. The Labute approximate surface area is 178 Å². The molecule has 0 radical (unpaired) electrons. The van der Waals surface area contributed by atoms with Crippen molar-refractivity contribution in [3.05, 3.63) is 76.8 Å². The minimum Gasteiger partial charge on any atom is -0.349 e. The first-order valence-electron chi connectivity index (χ1n) is 9.29. The van der Waals surface area contributed by atoms with Gasteiger partial charge in [0.2, 0.25) is 5.91 Å². The van der Waals surface area contributed by atoms with Gasteiger partial charge in [-0.3, -0.25) is 14.6 Å². The molecule has 0 aliphatic rings. The van der Waals surface area contributed by atoms with Crippen LogP contribution in [-0.4, -0.2) is 36.8 Å².